The molecule has 4 atom stereocenters. The molecule has 4 fully saturated rings. The fraction of sp³-hybridized carbons (Fsp3) is 0.436. The maximum atomic E-state index is 13.7. The van der Waals surface area contributed by atoms with Crippen LogP contribution in [-0.4, -0.2) is 124 Å². The van der Waals surface area contributed by atoms with Crippen molar-refractivity contribution in [3.8, 4) is 34.5 Å². The van der Waals surface area contributed by atoms with Crippen molar-refractivity contribution < 1.29 is 59.6 Å². The number of urea groups is 1. The summed E-state index contributed by atoms with van der Waals surface area (Å²) >= 11 is 12.9. The van der Waals surface area contributed by atoms with E-state index < -0.39 is 41.1 Å². The van der Waals surface area contributed by atoms with Crippen molar-refractivity contribution in [1.29, 1.82) is 0 Å². The Kier molecular flexibility index (Phi) is 16.8. The molecule has 6 aliphatic rings. The van der Waals surface area contributed by atoms with Gasteiger partial charge in [0.15, 0.2) is 23.2 Å². The standard InChI is InChI=1S/C28H28ClF3N6O4.C17H15ClF3N3.C10H15N3O3/c1-27(2)41-15-19(42-27)14-40-25-33-9-8-22(34-25)35-26(39)38-18-7-4-10-37(13-18)21-12-20(29)23(36-24(21)38)16-5-3-6-17(11-16)28(30,31)32;18-13-8-14-16(22-12-5-2-6-24(14)9-12)23-15(13)10-3-1-4-11(7-10)17(19,20)21;1-10(2)15-6-7(16-10)5-14-9-12-4-3-8(11)13-9/h3,5-6,8-9,11-12,18-19H,4,7,10,13-15H2,1-2H3,(H,33,34,35,39);1,3-4,7-8,12H,2,5-6,9H2,(H,22,23);3-4,7H,5-6H2,1-2H3,(H2,11,12,13)/t18-,19+;12-;7-/m001/s1. The second-order valence-electron chi connectivity index (χ2n) is 21.0. The average Bonchev–Trinajstić information content (AvgIpc) is 2.83. The van der Waals surface area contributed by atoms with Gasteiger partial charge in [0.2, 0.25) is 0 Å². The lowest BCUT2D eigenvalue weighted by Gasteiger charge is -2.46. The van der Waals surface area contributed by atoms with Crippen LogP contribution in [0.15, 0.2) is 85.2 Å². The van der Waals surface area contributed by atoms with Crippen LogP contribution in [0.5, 0.6) is 12.0 Å². The first-order valence-corrected chi connectivity index (χ1v) is 27.1. The third-order valence-corrected chi connectivity index (χ3v) is 14.5. The van der Waals surface area contributed by atoms with Crippen molar-refractivity contribution in [3.05, 3.63) is 106 Å². The van der Waals surface area contributed by atoms with Crippen molar-refractivity contribution in [2.24, 2.45) is 0 Å². The third kappa shape index (κ3) is 13.9. The SMILES string of the molecule is CC1(C)OC[C@@H](COc2nccc(N)n2)O1.CC1(C)OC[C@@H](COc2nccc(NC(=O)N3c4nc(-c5cccc(C(F)(F)F)c5)c(Cl)cc4N4CCC[C@H]3C4)n2)O1.FC(F)(F)c1cccc(-c2nc3c(cc2Cl)N2CCC[C@@H](C2)N3)c1. The summed E-state index contributed by atoms with van der Waals surface area (Å²) in [6, 6.07) is 16.4. The lowest BCUT2D eigenvalue weighted by Crippen LogP contribution is -2.56. The maximum absolute atomic E-state index is 13.7. The zero-order valence-electron chi connectivity index (χ0n) is 44.9. The molecule has 82 heavy (non-hydrogen) atoms. The second kappa shape index (κ2) is 23.7. The first-order chi connectivity index (χ1) is 38.9. The van der Waals surface area contributed by atoms with Crippen LogP contribution < -0.4 is 40.5 Å². The van der Waals surface area contributed by atoms with Gasteiger partial charge >= 0.3 is 30.4 Å². The number of alkyl halides is 6. The molecule has 19 nitrogen and oxygen atoms in total. The van der Waals surface area contributed by atoms with Gasteiger partial charge in [-0.05, 0) is 102 Å². The van der Waals surface area contributed by atoms with E-state index in [-0.39, 0.29) is 59.0 Å². The predicted molar refractivity (Wildman–Crippen MR) is 294 cm³/mol. The zero-order valence-corrected chi connectivity index (χ0v) is 46.4. The van der Waals surface area contributed by atoms with E-state index in [4.69, 9.17) is 57.4 Å². The number of carbonyl (C=O) groups is 1. The van der Waals surface area contributed by atoms with Gasteiger partial charge in [-0.3, -0.25) is 10.2 Å². The fourth-order valence-corrected chi connectivity index (χ4v) is 10.7. The Hall–Kier alpha value is -7.03. The van der Waals surface area contributed by atoms with Crippen LogP contribution in [0.4, 0.5) is 65.8 Å². The van der Waals surface area contributed by atoms with Crippen LogP contribution >= 0.6 is 23.2 Å². The summed E-state index contributed by atoms with van der Waals surface area (Å²) in [5.41, 5.74) is 6.62. The van der Waals surface area contributed by atoms with Crippen molar-refractivity contribution in [3.63, 3.8) is 0 Å². The molecule has 2 amide bonds. The Morgan fingerprint density at radius 3 is 1.84 bits per heavy atom. The fourth-order valence-electron chi connectivity index (χ4n) is 10.2. The van der Waals surface area contributed by atoms with Crippen molar-refractivity contribution >= 4 is 63.9 Å². The van der Waals surface area contributed by atoms with E-state index in [1.54, 1.807) is 30.5 Å². The Labute approximate surface area is 477 Å². The topological polar surface area (TPSA) is 210 Å². The highest BCUT2D eigenvalue weighted by atomic mass is 35.5. The summed E-state index contributed by atoms with van der Waals surface area (Å²) in [6.45, 7) is 11.9. The number of nitrogens with two attached hydrogens (primary N) is 1. The molecule has 0 spiro atoms. The molecular formula is C55H58Cl2F6N12O7. The Balaban J connectivity index is 0.000000157. The number of fused-ring (bicyclic) bond motifs is 8. The molecule has 10 heterocycles. The predicted octanol–water partition coefficient (Wildman–Crippen LogP) is 11.2. The number of aromatic nitrogens is 6. The van der Waals surface area contributed by atoms with Gasteiger partial charge in [-0.25, -0.2) is 24.7 Å². The van der Waals surface area contributed by atoms with Gasteiger partial charge in [0.25, 0.3) is 0 Å². The molecule has 0 saturated carbocycles. The highest BCUT2D eigenvalue weighted by molar-refractivity contribution is 6.34. The number of nitrogen functional groups attached to an aromatic ring is 1. The number of carbonyl (C=O) groups excluding carboxylic acids is 1. The summed E-state index contributed by atoms with van der Waals surface area (Å²) < 4.78 is 112. The monoisotopic (exact) mass is 1180 g/mol. The average molecular weight is 1180 g/mol. The number of hydrogen-bond donors (Lipinski definition) is 3. The number of pyridine rings is 2. The number of anilines is 6. The molecule has 0 unspecified atom stereocenters. The van der Waals surface area contributed by atoms with E-state index in [2.05, 4.69) is 50.3 Å². The molecule has 12 rings (SSSR count). The number of hydrogen-bond acceptors (Lipinski definition) is 17. The minimum absolute atomic E-state index is 0.0562. The lowest BCUT2D eigenvalue weighted by atomic mass is 9.99. The number of piperidine rings is 2. The Morgan fingerprint density at radius 1 is 0.720 bits per heavy atom. The zero-order chi connectivity index (χ0) is 58.1. The van der Waals surface area contributed by atoms with Crippen molar-refractivity contribution in [2.75, 3.05) is 83.7 Å². The van der Waals surface area contributed by atoms with Crippen molar-refractivity contribution in [2.45, 2.75) is 102 Å². The minimum Gasteiger partial charge on any atom is -0.461 e. The van der Waals surface area contributed by atoms with Crippen molar-refractivity contribution in [1.82, 2.24) is 29.9 Å². The molecule has 436 valence electrons. The van der Waals surface area contributed by atoms with E-state index in [9.17, 15) is 31.1 Å². The van der Waals surface area contributed by atoms with Crippen LogP contribution in [-0.2, 0) is 31.3 Å². The summed E-state index contributed by atoms with van der Waals surface area (Å²) in [4.78, 5) is 45.1. The van der Waals surface area contributed by atoms with Gasteiger partial charge in [-0.15, -0.1) is 0 Å². The van der Waals surface area contributed by atoms with Crippen LogP contribution in [0, 0.1) is 0 Å². The summed E-state index contributed by atoms with van der Waals surface area (Å²) in [6.07, 6.45) is -2.55. The molecular weight excluding hydrogens is 1130 g/mol. The minimum atomic E-state index is -4.53. The number of amides is 2. The van der Waals surface area contributed by atoms with Crippen LogP contribution in [0.2, 0.25) is 10.0 Å². The molecule has 4 saturated heterocycles. The highest BCUT2D eigenvalue weighted by Crippen LogP contribution is 2.44. The first-order valence-electron chi connectivity index (χ1n) is 26.4. The van der Waals surface area contributed by atoms with E-state index in [0.29, 0.717) is 71.8 Å². The number of nitrogens with one attached hydrogen (secondary N) is 2. The number of halogens is 8. The quantitative estimate of drug-likeness (QED) is 0.115. The van der Waals surface area contributed by atoms with Crippen LogP contribution in [0.3, 0.4) is 0 Å². The first kappa shape index (κ1) is 58.2. The third-order valence-electron chi connectivity index (χ3n) is 13.9. The normalized spacial score (nSPS) is 21.1. The largest absolute Gasteiger partial charge is 0.461 e. The summed E-state index contributed by atoms with van der Waals surface area (Å²) in [7, 11) is 0. The molecule has 0 aliphatic carbocycles. The highest BCUT2D eigenvalue weighted by Gasteiger charge is 2.41. The smallest absolute Gasteiger partial charge is 0.416 e. The van der Waals surface area contributed by atoms with E-state index >= 15 is 0 Å². The molecule has 6 aliphatic heterocycles. The molecule has 0 radical (unpaired) electrons. The lowest BCUT2D eigenvalue weighted by molar-refractivity contribution is -0.142. The molecule has 4 bridgehead atoms. The second-order valence-corrected chi connectivity index (χ2v) is 21.8. The van der Waals surface area contributed by atoms with Gasteiger partial charge < -0.3 is 49.3 Å². The van der Waals surface area contributed by atoms with E-state index in [0.717, 1.165) is 75.3 Å². The summed E-state index contributed by atoms with van der Waals surface area (Å²) in [5, 5.41) is 6.73. The number of rotatable bonds is 9. The van der Waals surface area contributed by atoms with Gasteiger partial charge in [0.05, 0.1) is 63.2 Å². The van der Waals surface area contributed by atoms with E-state index in [1.807, 2.05) is 27.7 Å². The number of benzene rings is 2. The van der Waals surface area contributed by atoms with Crippen LogP contribution in [0.1, 0.15) is 64.5 Å². The molecule has 27 heteroatoms. The van der Waals surface area contributed by atoms with Gasteiger partial charge in [-0.2, -0.15) is 36.3 Å². The van der Waals surface area contributed by atoms with E-state index in [1.165, 1.54) is 35.4 Å². The number of ether oxygens (including phenoxy) is 6. The molecule has 4 N–H and O–H groups in total. The summed E-state index contributed by atoms with van der Waals surface area (Å²) in [5.74, 6) is 0.373. The van der Waals surface area contributed by atoms with Gasteiger partial charge in [0, 0.05) is 55.7 Å². The molecule has 6 aromatic rings. The maximum Gasteiger partial charge on any atom is 0.416 e. The Morgan fingerprint density at radius 2 is 1.27 bits per heavy atom. The Bertz CT molecular complexity index is 3290. The number of nitrogens with zero attached hydrogens (tertiary/aromatic N) is 9. The van der Waals surface area contributed by atoms with Crippen LogP contribution in [0.25, 0.3) is 22.5 Å². The molecule has 4 aromatic heterocycles. The van der Waals surface area contributed by atoms with Gasteiger partial charge in [0.1, 0.15) is 37.1 Å². The molecule has 2 aromatic carbocycles. The van der Waals surface area contributed by atoms with Gasteiger partial charge in [-0.1, -0.05) is 47.5 Å².